The average Bonchev–Trinajstić information content (AvgIpc) is 2.12. The Morgan fingerprint density at radius 1 is 1.57 bits per heavy atom. The average molecular weight is 200 g/mol. The molecule has 0 aliphatic heterocycles. The number of allylic oxidation sites excluding steroid dienone is 1. The molecule has 3 N–H and O–H groups in total. The molecule has 80 valence electrons. The second-order valence-electron chi connectivity index (χ2n) is 3.29. The van der Waals surface area contributed by atoms with Gasteiger partial charge in [-0.3, -0.25) is 0 Å². The molecule has 0 saturated heterocycles. The molecule has 4 heteroatoms. The van der Waals surface area contributed by atoms with E-state index in [2.05, 4.69) is 6.58 Å². The predicted octanol–water partition coefficient (Wildman–Crippen LogP) is 0.707. The SMILES string of the molecule is C=C[C@@](C)(O)CC/C=C(\CO)C(=O)O. The van der Waals surface area contributed by atoms with Gasteiger partial charge in [-0.15, -0.1) is 6.58 Å². The van der Waals surface area contributed by atoms with Gasteiger partial charge in [-0.1, -0.05) is 12.2 Å². The molecule has 0 fully saturated rings. The standard InChI is InChI=1S/C10H16O4/c1-3-10(2,14)6-4-5-8(7-11)9(12)13/h3,5,11,14H,1,4,6-7H2,2H3,(H,12,13)/b8-5+/t10-/m1/s1. The molecule has 0 radical (unpaired) electrons. The summed E-state index contributed by atoms with van der Waals surface area (Å²) < 4.78 is 0. The van der Waals surface area contributed by atoms with E-state index in [1.54, 1.807) is 6.92 Å². The molecule has 4 nitrogen and oxygen atoms in total. The number of hydrogen-bond donors (Lipinski definition) is 3. The van der Waals surface area contributed by atoms with E-state index in [1.807, 2.05) is 0 Å². The minimum absolute atomic E-state index is 0.0511. The Bertz CT molecular complexity index is 241. The summed E-state index contributed by atoms with van der Waals surface area (Å²) in [6.45, 7) is 4.55. The largest absolute Gasteiger partial charge is 0.478 e. The summed E-state index contributed by atoms with van der Waals surface area (Å²) in [6.07, 6.45) is 3.58. The first-order valence-corrected chi connectivity index (χ1v) is 4.32. The molecule has 0 unspecified atom stereocenters. The number of carboxylic acids is 1. The minimum atomic E-state index is -1.13. The molecule has 0 amide bonds. The summed E-state index contributed by atoms with van der Waals surface area (Å²) in [6, 6.07) is 0. The van der Waals surface area contributed by atoms with Crippen LogP contribution in [0.15, 0.2) is 24.3 Å². The van der Waals surface area contributed by atoms with E-state index in [0.717, 1.165) is 0 Å². The molecule has 14 heavy (non-hydrogen) atoms. The molecule has 0 heterocycles. The Morgan fingerprint density at radius 2 is 2.14 bits per heavy atom. The summed E-state index contributed by atoms with van der Waals surface area (Å²) in [5.74, 6) is -1.13. The second-order valence-corrected chi connectivity index (χ2v) is 3.29. The maximum Gasteiger partial charge on any atom is 0.333 e. The van der Waals surface area contributed by atoms with Crippen molar-refractivity contribution in [1.29, 1.82) is 0 Å². The molecule has 0 rings (SSSR count). The first-order valence-electron chi connectivity index (χ1n) is 4.32. The normalized spacial score (nSPS) is 16.1. The zero-order valence-corrected chi connectivity index (χ0v) is 8.23. The van der Waals surface area contributed by atoms with E-state index in [9.17, 15) is 9.90 Å². The number of aliphatic hydroxyl groups is 2. The van der Waals surface area contributed by atoms with Gasteiger partial charge in [0.2, 0.25) is 0 Å². The van der Waals surface area contributed by atoms with Crippen molar-refractivity contribution >= 4 is 5.97 Å². The van der Waals surface area contributed by atoms with Crippen molar-refractivity contribution in [3.8, 4) is 0 Å². The van der Waals surface area contributed by atoms with E-state index in [1.165, 1.54) is 12.2 Å². The summed E-state index contributed by atoms with van der Waals surface area (Å²) in [7, 11) is 0. The van der Waals surface area contributed by atoms with Crippen LogP contribution in [0, 0.1) is 0 Å². The number of carbonyl (C=O) groups is 1. The maximum atomic E-state index is 10.4. The topological polar surface area (TPSA) is 77.8 Å². The van der Waals surface area contributed by atoms with Crippen molar-refractivity contribution < 1.29 is 20.1 Å². The monoisotopic (exact) mass is 200 g/mol. The van der Waals surface area contributed by atoms with Crippen LogP contribution in [0.2, 0.25) is 0 Å². The first kappa shape index (κ1) is 12.9. The lowest BCUT2D eigenvalue weighted by atomic mass is 10.00. The van der Waals surface area contributed by atoms with Gasteiger partial charge in [0.05, 0.1) is 17.8 Å². The van der Waals surface area contributed by atoms with Gasteiger partial charge in [0.25, 0.3) is 0 Å². The Balaban J connectivity index is 4.15. The highest BCUT2D eigenvalue weighted by Crippen LogP contribution is 2.13. The molecule has 0 aromatic heterocycles. The van der Waals surface area contributed by atoms with Crippen molar-refractivity contribution in [1.82, 2.24) is 0 Å². The molecular formula is C10H16O4. The van der Waals surface area contributed by atoms with E-state index in [4.69, 9.17) is 10.2 Å². The van der Waals surface area contributed by atoms with Gasteiger partial charge in [0.1, 0.15) is 0 Å². The summed E-state index contributed by atoms with van der Waals surface area (Å²) in [5.41, 5.74) is -1.04. The highest BCUT2D eigenvalue weighted by molar-refractivity contribution is 5.86. The second kappa shape index (κ2) is 5.57. The van der Waals surface area contributed by atoms with Crippen molar-refractivity contribution in [2.24, 2.45) is 0 Å². The summed E-state index contributed by atoms with van der Waals surface area (Å²) >= 11 is 0. The summed E-state index contributed by atoms with van der Waals surface area (Å²) in [5, 5.41) is 26.7. The zero-order valence-electron chi connectivity index (χ0n) is 8.23. The number of carboxylic acid groups (broad SMARTS) is 1. The highest BCUT2D eigenvalue weighted by Gasteiger charge is 2.14. The van der Waals surface area contributed by atoms with Gasteiger partial charge in [0.15, 0.2) is 0 Å². The molecule has 0 aromatic rings. The fraction of sp³-hybridized carbons (Fsp3) is 0.500. The molecule has 1 atom stereocenters. The molecule has 0 saturated carbocycles. The van der Waals surface area contributed by atoms with Crippen LogP contribution in [0.4, 0.5) is 0 Å². The fourth-order valence-corrected chi connectivity index (χ4v) is 0.860. The zero-order chi connectivity index (χ0) is 11.2. The van der Waals surface area contributed by atoms with Gasteiger partial charge in [-0.25, -0.2) is 4.79 Å². The van der Waals surface area contributed by atoms with Crippen LogP contribution in [-0.2, 0) is 4.79 Å². The number of rotatable bonds is 6. The van der Waals surface area contributed by atoms with Gasteiger partial charge in [0, 0.05) is 0 Å². The third-order valence-electron chi connectivity index (χ3n) is 1.93. The van der Waals surface area contributed by atoms with Crippen LogP contribution in [0.1, 0.15) is 19.8 Å². The van der Waals surface area contributed by atoms with Gasteiger partial charge >= 0.3 is 5.97 Å². The third kappa shape index (κ3) is 4.79. The number of aliphatic carboxylic acids is 1. The molecule has 0 aliphatic rings. The molecular weight excluding hydrogens is 184 g/mol. The van der Waals surface area contributed by atoms with E-state index >= 15 is 0 Å². The van der Waals surface area contributed by atoms with Crippen molar-refractivity contribution in [3.05, 3.63) is 24.3 Å². The first-order chi connectivity index (χ1) is 6.43. The van der Waals surface area contributed by atoms with Crippen LogP contribution in [0.3, 0.4) is 0 Å². The van der Waals surface area contributed by atoms with Crippen LogP contribution in [-0.4, -0.2) is 33.5 Å². The van der Waals surface area contributed by atoms with Crippen LogP contribution in [0.5, 0.6) is 0 Å². The van der Waals surface area contributed by atoms with Crippen molar-refractivity contribution in [3.63, 3.8) is 0 Å². The number of hydrogen-bond acceptors (Lipinski definition) is 3. The molecule has 0 aromatic carbocycles. The Labute approximate surface area is 83.2 Å². The van der Waals surface area contributed by atoms with Gasteiger partial charge in [-0.05, 0) is 19.8 Å². The Hall–Kier alpha value is -1.13. The van der Waals surface area contributed by atoms with Gasteiger partial charge in [-0.2, -0.15) is 0 Å². The smallest absolute Gasteiger partial charge is 0.333 e. The molecule has 0 aliphatic carbocycles. The van der Waals surface area contributed by atoms with Crippen LogP contribution in [0.25, 0.3) is 0 Å². The summed E-state index contributed by atoms with van der Waals surface area (Å²) in [4.78, 5) is 10.4. The minimum Gasteiger partial charge on any atom is -0.478 e. The highest BCUT2D eigenvalue weighted by atomic mass is 16.4. The molecule has 0 bridgehead atoms. The lowest BCUT2D eigenvalue weighted by Gasteiger charge is -2.16. The van der Waals surface area contributed by atoms with Crippen LogP contribution < -0.4 is 0 Å². The maximum absolute atomic E-state index is 10.4. The molecule has 0 spiro atoms. The lowest BCUT2D eigenvalue weighted by molar-refractivity contribution is -0.133. The Kier molecular flexibility index (Phi) is 5.12. The fourth-order valence-electron chi connectivity index (χ4n) is 0.860. The van der Waals surface area contributed by atoms with E-state index in [0.29, 0.717) is 12.8 Å². The van der Waals surface area contributed by atoms with Crippen LogP contribution >= 0.6 is 0 Å². The van der Waals surface area contributed by atoms with Crippen molar-refractivity contribution in [2.45, 2.75) is 25.4 Å². The van der Waals surface area contributed by atoms with E-state index in [-0.39, 0.29) is 5.57 Å². The predicted molar refractivity (Wildman–Crippen MR) is 52.9 cm³/mol. The lowest BCUT2D eigenvalue weighted by Crippen LogP contribution is -2.19. The Morgan fingerprint density at radius 3 is 2.50 bits per heavy atom. The van der Waals surface area contributed by atoms with E-state index < -0.39 is 18.2 Å². The van der Waals surface area contributed by atoms with Crippen molar-refractivity contribution in [2.75, 3.05) is 6.61 Å². The quantitative estimate of drug-likeness (QED) is 0.436. The van der Waals surface area contributed by atoms with Gasteiger partial charge < -0.3 is 15.3 Å². The third-order valence-corrected chi connectivity index (χ3v) is 1.93. The number of aliphatic hydroxyl groups excluding tert-OH is 1.